The zero-order valence-electron chi connectivity index (χ0n) is 36.2. The van der Waals surface area contributed by atoms with Gasteiger partial charge in [-0.3, -0.25) is 0 Å². The number of hydrogen-bond acceptors (Lipinski definition) is 3. The number of para-hydroxylation sites is 3. The van der Waals surface area contributed by atoms with Gasteiger partial charge in [-0.1, -0.05) is 139 Å². The molecule has 0 atom stereocenters. The second kappa shape index (κ2) is 12.4. The lowest BCUT2D eigenvalue weighted by molar-refractivity contribution is 0.668. The van der Waals surface area contributed by atoms with E-state index in [1.165, 1.54) is 12.1 Å². The van der Waals surface area contributed by atoms with Crippen molar-refractivity contribution in [2.75, 3.05) is 0 Å². The zero-order chi connectivity index (χ0) is 42.7. The third-order valence-corrected chi connectivity index (χ3v) is 10.9. The van der Waals surface area contributed by atoms with Crippen molar-refractivity contribution in [2.45, 2.75) is 0 Å². The summed E-state index contributed by atoms with van der Waals surface area (Å²) in [5.41, 5.74) is 9.00. The molecule has 0 radical (unpaired) electrons. The third kappa shape index (κ3) is 4.82. The Kier molecular flexibility index (Phi) is 5.67. The predicted molar refractivity (Wildman–Crippen MR) is 234 cm³/mol. The minimum Gasteiger partial charge on any atom is -0.456 e. The molecule has 0 spiro atoms. The van der Waals surface area contributed by atoms with E-state index in [2.05, 4.69) is 0 Å². The van der Waals surface area contributed by atoms with E-state index < -0.39 is 0 Å². The Balaban J connectivity index is 1.17. The van der Waals surface area contributed by atoms with Crippen LogP contribution in [0.15, 0.2) is 198 Å². The lowest BCUT2D eigenvalue weighted by atomic mass is 10.0. The average Bonchev–Trinajstić information content (AvgIpc) is 3.97. The van der Waals surface area contributed by atoms with Crippen LogP contribution >= 0.6 is 0 Å². The van der Waals surface area contributed by atoms with Gasteiger partial charge in [0.25, 0.3) is 0 Å². The van der Waals surface area contributed by atoms with E-state index in [1.54, 1.807) is 12.1 Å². The van der Waals surface area contributed by atoms with Crippen molar-refractivity contribution in [3.63, 3.8) is 0 Å². The summed E-state index contributed by atoms with van der Waals surface area (Å²) in [5, 5.41) is 3.54. The van der Waals surface area contributed by atoms with Crippen molar-refractivity contribution in [3.05, 3.63) is 194 Å². The van der Waals surface area contributed by atoms with Crippen LogP contribution in [0.1, 0.15) is 8.22 Å². The lowest BCUT2D eigenvalue weighted by Crippen LogP contribution is -1.98. The monoisotopic (exact) mass is 734 g/mol. The number of fused-ring (bicyclic) bond motifs is 10. The fraction of sp³-hybridized carbons (Fsp3) is 0. The van der Waals surface area contributed by atoms with E-state index >= 15 is 0 Å². The first-order valence-corrected chi connectivity index (χ1v) is 18.7. The van der Waals surface area contributed by atoms with Gasteiger partial charge in [-0.05, 0) is 48.5 Å². The number of furan rings is 1. The molecular formula is C52H32N4O. The van der Waals surface area contributed by atoms with Crippen LogP contribution in [0.4, 0.5) is 0 Å². The average molecular weight is 735 g/mol. The Morgan fingerprint density at radius 2 is 1.02 bits per heavy atom. The molecule has 0 amide bonds. The van der Waals surface area contributed by atoms with E-state index in [4.69, 9.17) is 18.5 Å². The maximum Gasteiger partial charge on any atom is 0.161 e. The Hall–Kier alpha value is -7.76. The summed E-state index contributed by atoms with van der Waals surface area (Å²) in [4.78, 5) is 10.3. The van der Waals surface area contributed by atoms with Crippen LogP contribution in [-0.4, -0.2) is 19.1 Å². The lowest BCUT2D eigenvalue weighted by Gasteiger charge is -2.12. The summed E-state index contributed by atoms with van der Waals surface area (Å²) in [6, 6.07) is 50.1. The van der Waals surface area contributed by atoms with E-state index in [-0.39, 0.29) is 36.3 Å². The topological polar surface area (TPSA) is 48.8 Å². The Morgan fingerprint density at radius 1 is 0.439 bits per heavy atom. The molecule has 0 bridgehead atoms. The highest BCUT2D eigenvalue weighted by Crippen LogP contribution is 2.43. The molecule has 5 nitrogen and oxygen atoms in total. The van der Waals surface area contributed by atoms with Gasteiger partial charge in [0.05, 0.1) is 47.4 Å². The van der Waals surface area contributed by atoms with E-state index in [1.807, 2.05) is 143 Å². The Morgan fingerprint density at radius 3 is 1.63 bits per heavy atom. The van der Waals surface area contributed by atoms with Crippen molar-refractivity contribution in [3.8, 4) is 45.3 Å². The summed E-state index contributed by atoms with van der Waals surface area (Å²) < 4.78 is 65.4. The molecule has 8 aromatic carbocycles. The molecule has 4 aromatic heterocycles. The third-order valence-electron chi connectivity index (χ3n) is 10.9. The van der Waals surface area contributed by atoms with Gasteiger partial charge in [0, 0.05) is 60.8 Å². The number of rotatable bonds is 5. The maximum absolute atomic E-state index is 9.56. The molecular weight excluding hydrogens is 697 g/mol. The predicted octanol–water partition coefficient (Wildman–Crippen LogP) is 13.6. The van der Waals surface area contributed by atoms with Crippen LogP contribution in [0.3, 0.4) is 0 Å². The van der Waals surface area contributed by atoms with Crippen molar-refractivity contribution < 1.29 is 12.6 Å². The van der Waals surface area contributed by atoms with Gasteiger partial charge < -0.3 is 13.6 Å². The van der Waals surface area contributed by atoms with Crippen LogP contribution in [0, 0.1) is 0 Å². The molecule has 12 rings (SSSR count). The minimum absolute atomic E-state index is 0.0580. The van der Waals surface area contributed by atoms with Crippen molar-refractivity contribution >= 4 is 65.6 Å². The van der Waals surface area contributed by atoms with Crippen molar-refractivity contribution in [2.24, 2.45) is 0 Å². The second-order valence-electron chi connectivity index (χ2n) is 14.1. The summed E-state index contributed by atoms with van der Waals surface area (Å²) in [7, 11) is 0. The fourth-order valence-corrected chi connectivity index (χ4v) is 8.36. The van der Waals surface area contributed by atoms with Gasteiger partial charge in [-0.15, -0.1) is 0 Å². The summed E-state index contributed by atoms with van der Waals surface area (Å²) in [6.07, 6.45) is 0. The molecule has 5 heteroatoms. The first kappa shape index (κ1) is 26.1. The SMILES string of the molecule is [2H]c1cc([2H])c2c(c1)c1c([2H])c([2H])c3c4cc([2H])cc([2H])c4n(-c4ccc5c(c4)oc4cccc(-c6nc(-c7ccccc7)cc(-c7ccccc7)n6)c45)c3c1n2-c1ccccc1. The van der Waals surface area contributed by atoms with Gasteiger partial charge >= 0.3 is 0 Å². The molecule has 266 valence electrons. The summed E-state index contributed by atoms with van der Waals surface area (Å²) in [6.45, 7) is 0. The minimum atomic E-state index is -0.0673. The molecule has 0 unspecified atom stereocenters. The van der Waals surface area contributed by atoms with Crippen molar-refractivity contribution in [1.82, 2.24) is 19.1 Å². The highest BCUT2D eigenvalue weighted by atomic mass is 16.3. The first-order chi connectivity index (χ1) is 30.7. The molecule has 0 fully saturated rings. The largest absolute Gasteiger partial charge is 0.456 e. The first-order valence-electron chi connectivity index (χ1n) is 21.7. The van der Waals surface area contributed by atoms with E-state index in [9.17, 15) is 4.11 Å². The molecule has 0 saturated carbocycles. The standard InChI is InChI=1S/C52H32N4O/c1-4-15-33(16-5-1)43-32-44(34-17-6-2-7-18-34)54-52(53-43)42-23-14-26-47-49(42)41-28-27-36(31-48(41)57-47)56-46-25-13-11-22-38(46)40-30-29-39-37-21-10-12-24-45(37)55(50(39)51(40)56)35-19-8-3-9-20-35/h1-32H/i10D,11D,24D,25D,29D,30D. The van der Waals surface area contributed by atoms with Crippen LogP contribution in [0.25, 0.3) is 111 Å². The van der Waals surface area contributed by atoms with Crippen LogP contribution in [0.2, 0.25) is 0 Å². The zero-order valence-corrected chi connectivity index (χ0v) is 30.2. The molecule has 57 heavy (non-hydrogen) atoms. The number of nitrogens with zero attached hydrogens (tertiary/aromatic N) is 4. The van der Waals surface area contributed by atoms with Crippen LogP contribution < -0.4 is 0 Å². The van der Waals surface area contributed by atoms with E-state index in [0.717, 1.165) is 44.5 Å². The Bertz CT molecular complexity index is 3800. The maximum atomic E-state index is 9.56. The van der Waals surface area contributed by atoms with Gasteiger partial charge in [0.2, 0.25) is 0 Å². The molecule has 4 heterocycles. The van der Waals surface area contributed by atoms with Crippen LogP contribution in [0.5, 0.6) is 0 Å². The molecule has 0 saturated heterocycles. The van der Waals surface area contributed by atoms with E-state index in [0.29, 0.717) is 66.3 Å². The quantitative estimate of drug-likeness (QED) is 0.177. The van der Waals surface area contributed by atoms with Gasteiger partial charge in [-0.2, -0.15) is 0 Å². The van der Waals surface area contributed by atoms with Gasteiger partial charge in [-0.25, -0.2) is 9.97 Å². The molecule has 0 aliphatic rings. The number of aromatic nitrogens is 4. The number of hydrogen-bond donors (Lipinski definition) is 0. The normalized spacial score (nSPS) is 13.3. The summed E-state index contributed by atoms with van der Waals surface area (Å²) in [5.74, 6) is 0.551. The fourth-order valence-electron chi connectivity index (χ4n) is 8.36. The van der Waals surface area contributed by atoms with Crippen molar-refractivity contribution in [1.29, 1.82) is 0 Å². The molecule has 12 aromatic rings. The van der Waals surface area contributed by atoms with Crippen LogP contribution in [-0.2, 0) is 0 Å². The Labute approximate surface area is 335 Å². The molecule has 0 aliphatic carbocycles. The highest BCUT2D eigenvalue weighted by Gasteiger charge is 2.22. The second-order valence-corrected chi connectivity index (χ2v) is 14.1. The smallest absolute Gasteiger partial charge is 0.161 e. The highest BCUT2D eigenvalue weighted by molar-refractivity contribution is 6.24. The van der Waals surface area contributed by atoms with Gasteiger partial charge in [0.15, 0.2) is 5.82 Å². The molecule has 0 N–H and O–H groups in total. The van der Waals surface area contributed by atoms with Gasteiger partial charge in [0.1, 0.15) is 11.2 Å². The molecule has 0 aliphatic heterocycles. The number of benzene rings is 8. The summed E-state index contributed by atoms with van der Waals surface area (Å²) >= 11 is 0.